The van der Waals surface area contributed by atoms with Gasteiger partial charge in [0.1, 0.15) is 11.9 Å². The Hall–Kier alpha value is -3.47. The first-order valence-electron chi connectivity index (χ1n) is 12.1. The number of carbonyl (C=O) groups is 1. The number of carbonyl (C=O) groups excluding carboxylic acids is 1. The Kier molecular flexibility index (Phi) is 7.73. The third-order valence-electron chi connectivity index (χ3n) is 5.87. The summed E-state index contributed by atoms with van der Waals surface area (Å²) < 4.78 is 11.3. The predicted octanol–water partition coefficient (Wildman–Crippen LogP) is 7.15. The Bertz CT molecular complexity index is 1080. The van der Waals surface area contributed by atoms with Gasteiger partial charge in [0, 0.05) is 18.2 Å². The highest BCUT2D eigenvalue weighted by atomic mass is 16.5. The normalized spacial score (nSPS) is 14.6. The highest BCUT2D eigenvalue weighted by molar-refractivity contribution is 5.84. The zero-order valence-corrected chi connectivity index (χ0v) is 20.3. The zero-order chi connectivity index (χ0) is 23.9. The molecule has 1 heterocycles. The first kappa shape index (κ1) is 23.7. The number of hydrogen-bond donors (Lipinski definition) is 1. The van der Waals surface area contributed by atoms with Gasteiger partial charge in [0.15, 0.2) is 0 Å². The average Bonchev–Trinajstić information content (AvgIpc) is 3.20. The number of anilines is 3. The minimum Gasteiger partial charge on any atom is -0.494 e. The minimum absolute atomic E-state index is 0.0128. The van der Waals surface area contributed by atoms with Gasteiger partial charge in [-0.25, -0.2) is 0 Å². The molecule has 0 saturated carbocycles. The Morgan fingerprint density at radius 2 is 1.74 bits per heavy atom. The Labute approximate surface area is 202 Å². The van der Waals surface area contributed by atoms with Gasteiger partial charge in [-0.05, 0) is 69.9 Å². The Morgan fingerprint density at radius 1 is 0.971 bits per heavy atom. The number of nitrogens with one attached hydrogen (secondary N) is 1. The van der Waals surface area contributed by atoms with Gasteiger partial charge in [-0.3, -0.25) is 4.79 Å². The summed E-state index contributed by atoms with van der Waals surface area (Å²) >= 11 is 0. The average molecular weight is 459 g/mol. The summed E-state index contributed by atoms with van der Waals surface area (Å²) in [7, 11) is 0. The molecule has 0 bridgehead atoms. The van der Waals surface area contributed by atoms with Crippen LogP contribution in [0.15, 0.2) is 72.8 Å². The van der Waals surface area contributed by atoms with Crippen LogP contribution in [0.3, 0.4) is 0 Å². The van der Waals surface area contributed by atoms with Crippen molar-refractivity contribution in [2.75, 3.05) is 16.8 Å². The minimum atomic E-state index is -0.119. The van der Waals surface area contributed by atoms with Gasteiger partial charge in [-0.2, -0.15) is 0 Å². The van der Waals surface area contributed by atoms with Crippen LogP contribution >= 0.6 is 0 Å². The number of fused-ring (bicyclic) bond motifs is 1. The third-order valence-corrected chi connectivity index (χ3v) is 5.87. The molecule has 0 aromatic heterocycles. The molecule has 5 nitrogen and oxygen atoms in total. The molecule has 1 unspecified atom stereocenters. The zero-order valence-electron chi connectivity index (χ0n) is 20.3. The molecule has 0 fully saturated rings. The monoisotopic (exact) mass is 458 g/mol. The summed E-state index contributed by atoms with van der Waals surface area (Å²) in [4.78, 5) is 14.0. The highest BCUT2D eigenvalue weighted by Gasteiger charge is 2.31. The fourth-order valence-electron chi connectivity index (χ4n) is 4.19. The van der Waals surface area contributed by atoms with Gasteiger partial charge < -0.3 is 19.7 Å². The summed E-state index contributed by atoms with van der Waals surface area (Å²) in [5.41, 5.74) is 5.78. The topological polar surface area (TPSA) is 50.8 Å². The SMILES string of the molecule is Cc1ccc(C2Nc3ccc(OCCCCCC(=O)OC(C)C)cc3N2c2ccccc2)cc1. The third kappa shape index (κ3) is 5.90. The smallest absolute Gasteiger partial charge is 0.306 e. The van der Waals surface area contributed by atoms with Gasteiger partial charge in [0.25, 0.3) is 0 Å². The van der Waals surface area contributed by atoms with Crippen LogP contribution in [0.1, 0.15) is 56.8 Å². The molecule has 4 rings (SSSR count). The van der Waals surface area contributed by atoms with E-state index >= 15 is 0 Å². The number of hydrogen-bond acceptors (Lipinski definition) is 5. The van der Waals surface area contributed by atoms with Gasteiger partial charge in [0.05, 0.1) is 24.1 Å². The number of nitrogens with zero attached hydrogens (tertiary/aromatic N) is 1. The Morgan fingerprint density at radius 3 is 2.47 bits per heavy atom. The van der Waals surface area contributed by atoms with Crippen LogP contribution in [-0.4, -0.2) is 18.7 Å². The van der Waals surface area contributed by atoms with Gasteiger partial charge in [0.2, 0.25) is 0 Å². The van der Waals surface area contributed by atoms with Crippen molar-refractivity contribution < 1.29 is 14.3 Å². The van der Waals surface area contributed by atoms with E-state index in [1.165, 1.54) is 11.1 Å². The number of ether oxygens (including phenoxy) is 2. The van der Waals surface area contributed by atoms with Crippen LogP contribution in [0.25, 0.3) is 0 Å². The summed E-state index contributed by atoms with van der Waals surface area (Å²) in [6.45, 7) is 6.48. The van der Waals surface area contributed by atoms with E-state index in [1.54, 1.807) is 0 Å². The fourth-order valence-corrected chi connectivity index (χ4v) is 4.19. The second-order valence-electron chi connectivity index (χ2n) is 9.04. The molecule has 0 aliphatic carbocycles. The highest BCUT2D eigenvalue weighted by Crippen LogP contribution is 2.47. The number of rotatable bonds is 10. The Balaban J connectivity index is 1.41. The van der Waals surface area contributed by atoms with Crippen LogP contribution in [0.5, 0.6) is 5.75 Å². The summed E-state index contributed by atoms with van der Waals surface area (Å²) in [5.74, 6) is 0.733. The van der Waals surface area contributed by atoms with Crippen molar-refractivity contribution >= 4 is 23.0 Å². The predicted molar refractivity (Wildman–Crippen MR) is 138 cm³/mol. The molecule has 1 N–H and O–H groups in total. The molecule has 5 heteroatoms. The van der Waals surface area contributed by atoms with E-state index in [2.05, 4.69) is 77.8 Å². The molecule has 0 amide bonds. The first-order valence-corrected chi connectivity index (χ1v) is 12.1. The summed E-state index contributed by atoms with van der Waals surface area (Å²) in [5, 5.41) is 3.68. The van der Waals surface area contributed by atoms with Crippen molar-refractivity contribution in [1.29, 1.82) is 0 Å². The second kappa shape index (κ2) is 11.1. The van der Waals surface area contributed by atoms with Crippen LogP contribution in [0.4, 0.5) is 17.1 Å². The van der Waals surface area contributed by atoms with E-state index < -0.39 is 0 Å². The van der Waals surface area contributed by atoms with Crippen LogP contribution in [0.2, 0.25) is 0 Å². The molecule has 0 radical (unpaired) electrons. The number of para-hydroxylation sites is 1. The lowest BCUT2D eigenvalue weighted by Crippen LogP contribution is -2.23. The molecule has 0 saturated heterocycles. The van der Waals surface area contributed by atoms with Crippen molar-refractivity contribution in [2.45, 2.75) is 58.7 Å². The van der Waals surface area contributed by atoms with Gasteiger partial charge in [-0.1, -0.05) is 48.0 Å². The van der Waals surface area contributed by atoms with Crippen LogP contribution < -0.4 is 15.0 Å². The van der Waals surface area contributed by atoms with E-state index in [-0.39, 0.29) is 18.2 Å². The maximum absolute atomic E-state index is 11.6. The van der Waals surface area contributed by atoms with Crippen molar-refractivity contribution in [3.63, 3.8) is 0 Å². The molecule has 1 aliphatic rings. The lowest BCUT2D eigenvalue weighted by molar-refractivity contribution is -0.147. The maximum Gasteiger partial charge on any atom is 0.306 e. The van der Waals surface area contributed by atoms with Crippen molar-refractivity contribution in [3.05, 3.63) is 83.9 Å². The first-order chi connectivity index (χ1) is 16.5. The molecule has 3 aromatic carbocycles. The van der Waals surface area contributed by atoms with E-state index in [1.807, 2.05) is 26.0 Å². The maximum atomic E-state index is 11.6. The lowest BCUT2D eigenvalue weighted by Gasteiger charge is -2.27. The standard InChI is InChI=1S/C29H34N2O3/c1-21(2)34-28(32)12-8-5-9-19-33-25-17-18-26-27(20-25)31(24-10-6-4-7-11-24)29(30-26)23-15-13-22(3)14-16-23/h4,6-7,10-11,13-18,20-21,29-30H,5,8-9,12,19H2,1-3H3. The molecule has 178 valence electrons. The quantitative estimate of drug-likeness (QED) is 0.258. The number of aryl methyl sites for hydroxylation is 1. The number of unbranched alkanes of at least 4 members (excludes halogenated alkanes) is 2. The second-order valence-corrected chi connectivity index (χ2v) is 9.04. The molecule has 1 aliphatic heterocycles. The van der Waals surface area contributed by atoms with Crippen molar-refractivity contribution in [3.8, 4) is 5.75 Å². The van der Waals surface area contributed by atoms with Crippen LogP contribution in [0, 0.1) is 6.92 Å². The van der Waals surface area contributed by atoms with Gasteiger partial charge >= 0.3 is 5.97 Å². The number of esters is 1. The molecule has 3 aromatic rings. The molecular formula is C29H34N2O3. The number of benzene rings is 3. The fraction of sp³-hybridized carbons (Fsp3) is 0.345. The van der Waals surface area contributed by atoms with E-state index in [4.69, 9.17) is 9.47 Å². The van der Waals surface area contributed by atoms with Crippen molar-refractivity contribution in [2.24, 2.45) is 0 Å². The molecule has 34 heavy (non-hydrogen) atoms. The summed E-state index contributed by atoms with van der Waals surface area (Å²) in [6.07, 6.45) is 3.09. The largest absolute Gasteiger partial charge is 0.494 e. The van der Waals surface area contributed by atoms with Crippen molar-refractivity contribution in [1.82, 2.24) is 0 Å². The van der Waals surface area contributed by atoms with Gasteiger partial charge in [-0.15, -0.1) is 0 Å². The van der Waals surface area contributed by atoms with Crippen LogP contribution in [-0.2, 0) is 9.53 Å². The molecule has 1 atom stereocenters. The van der Waals surface area contributed by atoms with E-state index in [9.17, 15) is 4.79 Å². The molecular weight excluding hydrogens is 424 g/mol. The summed E-state index contributed by atoms with van der Waals surface area (Å²) in [6, 6.07) is 25.3. The molecule has 0 spiro atoms. The lowest BCUT2D eigenvalue weighted by atomic mass is 10.1. The van der Waals surface area contributed by atoms with E-state index in [0.717, 1.165) is 42.1 Å². The van der Waals surface area contributed by atoms with E-state index in [0.29, 0.717) is 13.0 Å².